The molecule has 0 amide bonds. The van der Waals surface area contributed by atoms with Gasteiger partial charge in [-0.15, -0.1) is 4.91 Å². The highest BCUT2D eigenvalue weighted by atomic mass is 16.7. The fraction of sp³-hybridized carbons (Fsp3) is 0.300. The van der Waals surface area contributed by atoms with Crippen LogP contribution in [0.3, 0.4) is 0 Å². The van der Waals surface area contributed by atoms with Gasteiger partial charge in [0, 0.05) is 0 Å². The van der Waals surface area contributed by atoms with Crippen molar-refractivity contribution in [3.05, 3.63) is 65.3 Å². The first-order chi connectivity index (χ1) is 12.3. The van der Waals surface area contributed by atoms with Gasteiger partial charge in [0.05, 0.1) is 12.9 Å². The molecule has 5 heteroatoms. The van der Waals surface area contributed by atoms with Crippen molar-refractivity contribution in [2.24, 2.45) is 5.34 Å². The molecule has 5 nitrogen and oxygen atoms in total. The molecule has 0 aliphatic carbocycles. The van der Waals surface area contributed by atoms with Crippen LogP contribution in [0.4, 0.5) is 0 Å². The van der Waals surface area contributed by atoms with Crippen LogP contribution in [0.15, 0.2) is 60.1 Å². The molecule has 0 spiro atoms. The van der Waals surface area contributed by atoms with Crippen molar-refractivity contribution in [1.82, 2.24) is 0 Å². The number of ether oxygens (including phenoxy) is 1. The first-order valence-corrected chi connectivity index (χ1v) is 8.42. The highest BCUT2D eigenvalue weighted by Gasteiger charge is 1.99. The summed E-state index contributed by atoms with van der Waals surface area (Å²) in [5.74, 6) is 0.858. The molecule has 0 atom stereocenters. The fourth-order valence-corrected chi connectivity index (χ4v) is 2.47. The summed E-state index contributed by atoms with van der Waals surface area (Å²) in [5, 5.41) is 11.1. The van der Waals surface area contributed by atoms with Gasteiger partial charge in [0.2, 0.25) is 0 Å². The lowest BCUT2D eigenvalue weighted by Crippen LogP contribution is -1.97. The second-order valence-corrected chi connectivity index (χ2v) is 5.63. The third-order valence-electron chi connectivity index (χ3n) is 3.82. The van der Waals surface area contributed by atoms with Gasteiger partial charge in [0.15, 0.2) is 5.34 Å². The maximum atomic E-state index is 9.75. The van der Waals surface area contributed by atoms with Gasteiger partial charge in [0.1, 0.15) is 12.4 Å². The van der Waals surface area contributed by atoms with Crippen LogP contribution in [-0.2, 0) is 4.84 Å². The average Bonchev–Trinajstić information content (AvgIpc) is 2.65. The first kappa shape index (κ1) is 18.5. The Labute approximate surface area is 147 Å². The van der Waals surface area contributed by atoms with Crippen LogP contribution in [0.5, 0.6) is 5.75 Å². The van der Waals surface area contributed by atoms with Crippen molar-refractivity contribution in [2.45, 2.75) is 25.7 Å². The van der Waals surface area contributed by atoms with Gasteiger partial charge >= 0.3 is 0 Å². The monoisotopic (exact) mass is 341 g/mol. The summed E-state index contributed by atoms with van der Waals surface area (Å²) < 4.78 is 5.74. The minimum absolute atomic E-state index is 0.392. The minimum atomic E-state index is 0.392. The Morgan fingerprint density at radius 1 is 0.840 bits per heavy atom. The predicted molar refractivity (Wildman–Crippen MR) is 99.3 cm³/mol. The molecular formula is C20H23NO4. The highest BCUT2D eigenvalue weighted by Crippen LogP contribution is 2.23. The largest absolute Gasteiger partial charge is 0.516 e. The standard InChI is InChI=1S/C20H23NO4/c22-14-13-17-5-7-18(8-6-17)19-9-11-20(12-10-19)24-15-3-1-2-4-16-25-21-23/h5-14,22H,1-4,15-16H2/b14-13+. The van der Waals surface area contributed by atoms with Crippen molar-refractivity contribution < 1.29 is 14.7 Å². The Kier molecular flexibility index (Phi) is 8.05. The lowest BCUT2D eigenvalue weighted by Gasteiger charge is -2.08. The summed E-state index contributed by atoms with van der Waals surface area (Å²) in [7, 11) is 0. The molecule has 0 unspecified atom stereocenters. The van der Waals surface area contributed by atoms with E-state index in [0.717, 1.165) is 54.4 Å². The molecule has 0 aromatic heterocycles. The van der Waals surface area contributed by atoms with Gasteiger partial charge in [-0.25, -0.2) is 0 Å². The van der Waals surface area contributed by atoms with Gasteiger partial charge in [-0.3, -0.25) is 0 Å². The molecule has 25 heavy (non-hydrogen) atoms. The molecule has 0 heterocycles. The van der Waals surface area contributed by atoms with Crippen LogP contribution in [-0.4, -0.2) is 18.3 Å². The van der Waals surface area contributed by atoms with Gasteiger partial charge in [-0.1, -0.05) is 36.4 Å². The average molecular weight is 341 g/mol. The quantitative estimate of drug-likeness (QED) is 0.253. The molecule has 2 aromatic carbocycles. The van der Waals surface area contributed by atoms with Gasteiger partial charge < -0.3 is 14.7 Å². The Morgan fingerprint density at radius 3 is 2.04 bits per heavy atom. The molecule has 2 aromatic rings. The fourth-order valence-electron chi connectivity index (χ4n) is 2.47. The lowest BCUT2D eigenvalue weighted by atomic mass is 10.0. The van der Waals surface area contributed by atoms with Crippen LogP contribution < -0.4 is 4.74 Å². The summed E-state index contributed by atoms with van der Waals surface area (Å²) in [6, 6.07) is 16.0. The molecule has 132 valence electrons. The number of nitrogens with zero attached hydrogens (tertiary/aromatic N) is 1. The molecule has 2 rings (SSSR count). The number of hydrogen-bond donors (Lipinski definition) is 1. The topological polar surface area (TPSA) is 68.1 Å². The van der Waals surface area contributed by atoms with E-state index in [9.17, 15) is 4.91 Å². The molecule has 1 N–H and O–H groups in total. The van der Waals surface area contributed by atoms with Crippen molar-refractivity contribution in [3.63, 3.8) is 0 Å². The van der Waals surface area contributed by atoms with E-state index in [1.54, 1.807) is 6.08 Å². The normalized spacial score (nSPS) is 10.7. The van der Waals surface area contributed by atoms with E-state index >= 15 is 0 Å². The van der Waals surface area contributed by atoms with E-state index in [2.05, 4.69) is 10.2 Å². The number of hydrogen-bond acceptors (Lipinski definition) is 5. The summed E-state index contributed by atoms with van der Waals surface area (Å²) in [6.45, 7) is 1.07. The summed E-state index contributed by atoms with van der Waals surface area (Å²) in [5.41, 5.74) is 3.20. The highest BCUT2D eigenvalue weighted by molar-refractivity contribution is 5.66. The van der Waals surface area contributed by atoms with Crippen molar-refractivity contribution in [3.8, 4) is 16.9 Å². The number of rotatable bonds is 11. The van der Waals surface area contributed by atoms with E-state index in [4.69, 9.17) is 9.84 Å². The molecule has 0 saturated heterocycles. The zero-order valence-corrected chi connectivity index (χ0v) is 14.1. The van der Waals surface area contributed by atoms with Crippen LogP contribution in [0.2, 0.25) is 0 Å². The Balaban J connectivity index is 1.73. The Morgan fingerprint density at radius 2 is 1.44 bits per heavy atom. The van der Waals surface area contributed by atoms with Crippen LogP contribution in [0.1, 0.15) is 31.2 Å². The van der Waals surface area contributed by atoms with Crippen molar-refractivity contribution in [1.29, 1.82) is 0 Å². The molecule has 0 saturated carbocycles. The van der Waals surface area contributed by atoms with Gasteiger partial charge in [0.25, 0.3) is 0 Å². The smallest absolute Gasteiger partial charge is 0.155 e. The summed E-state index contributed by atoms with van der Waals surface area (Å²) in [4.78, 5) is 14.1. The van der Waals surface area contributed by atoms with Crippen LogP contribution in [0, 0.1) is 4.91 Å². The maximum absolute atomic E-state index is 9.75. The van der Waals surface area contributed by atoms with E-state index < -0.39 is 0 Å². The minimum Gasteiger partial charge on any atom is -0.516 e. The van der Waals surface area contributed by atoms with Crippen molar-refractivity contribution in [2.75, 3.05) is 13.2 Å². The Bertz CT molecular complexity index is 650. The number of benzene rings is 2. The zero-order chi connectivity index (χ0) is 17.7. The first-order valence-electron chi connectivity index (χ1n) is 8.42. The number of unbranched alkanes of at least 4 members (excludes halogenated alkanes) is 3. The Hall–Kier alpha value is -2.82. The van der Waals surface area contributed by atoms with E-state index in [0.29, 0.717) is 13.2 Å². The second kappa shape index (κ2) is 10.9. The molecule has 0 radical (unpaired) electrons. The number of aliphatic hydroxyl groups is 1. The van der Waals surface area contributed by atoms with Gasteiger partial charge in [-0.2, -0.15) is 0 Å². The SMILES string of the molecule is O=NOCCCCCCOc1ccc(-c2ccc(/C=C/O)cc2)cc1. The third kappa shape index (κ3) is 6.67. The van der Waals surface area contributed by atoms with E-state index in [1.165, 1.54) is 0 Å². The number of aliphatic hydroxyl groups excluding tert-OH is 1. The molecule has 0 aliphatic rings. The van der Waals surface area contributed by atoms with Crippen LogP contribution in [0.25, 0.3) is 17.2 Å². The molecular weight excluding hydrogens is 318 g/mol. The predicted octanol–water partition coefficient (Wildman–Crippen LogP) is 5.52. The van der Waals surface area contributed by atoms with Crippen molar-refractivity contribution >= 4 is 6.08 Å². The summed E-state index contributed by atoms with van der Waals surface area (Å²) >= 11 is 0. The molecule has 0 fully saturated rings. The molecule has 0 bridgehead atoms. The third-order valence-corrected chi connectivity index (χ3v) is 3.82. The second-order valence-electron chi connectivity index (χ2n) is 5.63. The van der Waals surface area contributed by atoms with Crippen LogP contribution >= 0.6 is 0 Å². The van der Waals surface area contributed by atoms with E-state index in [1.807, 2.05) is 48.5 Å². The molecule has 0 aliphatic heterocycles. The maximum Gasteiger partial charge on any atom is 0.155 e. The summed E-state index contributed by atoms with van der Waals surface area (Å²) in [6.07, 6.45) is 6.53. The lowest BCUT2D eigenvalue weighted by molar-refractivity contribution is 0.134. The zero-order valence-electron chi connectivity index (χ0n) is 14.1. The van der Waals surface area contributed by atoms with Gasteiger partial charge in [-0.05, 0) is 60.6 Å². The van der Waals surface area contributed by atoms with E-state index in [-0.39, 0.29) is 0 Å².